The van der Waals surface area contributed by atoms with Gasteiger partial charge in [0, 0.05) is 31.1 Å². The van der Waals surface area contributed by atoms with Crippen LogP contribution in [0.1, 0.15) is 17.1 Å². The first kappa shape index (κ1) is 11.0. The molecule has 1 aliphatic heterocycles. The Morgan fingerprint density at radius 2 is 2.53 bits per heavy atom. The third-order valence-electron chi connectivity index (χ3n) is 2.78. The fraction of sp³-hybridized carbons (Fsp3) is 0.700. The zero-order chi connectivity index (χ0) is 10.8. The summed E-state index contributed by atoms with van der Waals surface area (Å²) >= 11 is 1.63. The first-order chi connectivity index (χ1) is 7.19. The van der Waals surface area contributed by atoms with Crippen LogP contribution < -0.4 is 5.73 Å². The summed E-state index contributed by atoms with van der Waals surface area (Å²) in [5.41, 5.74) is 6.65. The van der Waals surface area contributed by atoms with Gasteiger partial charge in [0.25, 0.3) is 0 Å². The molecule has 1 aromatic heterocycles. The molecule has 2 heterocycles. The van der Waals surface area contributed by atoms with Crippen molar-refractivity contribution in [2.24, 2.45) is 5.73 Å². The second-order valence-corrected chi connectivity index (χ2v) is 5.07. The molecule has 2 N–H and O–H groups in total. The molecule has 2 rings (SSSR count). The van der Waals surface area contributed by atoms with Crippen LogP contribution in [0, 0.1) is 6.92 Å². The predicted molar refractivity (Wildman–Crippen MR) is 59.6 cm³/mol. The molecule has 15 heavy (non-hydrogen) atoms. The minimum atomic E-state index is -0.724. The summed E-state index contributed by atoms with van der Waals surface area (Å²) in [6, 6.07) is 0.182. The zero-order valence-corrected chi connectivity index (χ0v) is 9.63. The highest BCUT2D eigenvalue weighted by molar-refractivity contribution is 7.09. The maximum Gasteiger partial charge on any atom is 0.114 e. The van der Waals surface area contributed by atoms with Gasteiger partial charge in [0.2, 0.25) is 0 Å². The van der Waals surface area contributed by atoms with Crippen molar-refractivity contribution in [1.82, 2.24) is 9.88 Å². The molecule has 0 radical (unpaired) electrons. The van der Waals surface area contributed by atoms with Gasteiger partial charge in [-0.3, -0.25) is 4.90 Å². The van der Waals surface area contributed by atoms with Crippen molar-refractivity contribution in [3.63, 3.8) is 0 Å². The molecule has 1 fully saturated rings. The average molecular weight is 229 g/mol. The number of rotatable bonds is 3. The lowest BCUT2D eigenvalue weighted by molar-refractivity contribution is 0.236. The van der Waals surface area contributed by atoms with Crippen LogP contribution in [0.2, 0.25) is 0 Å². The summed E-state index contributed by atoms with van der Waals surface area (Å²) in [6.45, 7) is 3.74. The fourth-order valence-electron chi connectivity index (χ4n) is 2.05. The summed E-state index contributed by atoms with van der Waals surface area (Å²) in [4.78, 5) is 6.48. The van der Waals surface area contributed by atoms with Crippen LogP contribution in [0.15, 0.2) is 5.38 Å². The van der Waals surface area contributed by atoms with Crippen LogP contribution in [0.3, 0.4) is 0 Å². The van der Waals surface area contributed by atoms with E-state index in [0.29, 0.717) is 19.5 Å². The van der Waals surface area contributed by atoms with Gasteiger partial charge in [-0.05, 0) is 13.3 Å². The van der Waals surface area contributed by atoms with Gasteiger partial charge in [-0.25, -0.2) is 9.37 Å². The Labute approximate surface area is 93.1 Å². The molecule has 0 unspecified atom stereocenters. The number of likely N-dealkylation sites (tertiary alicyclic amines) is 1. The average Bonchev–Trinajstić information content (AvgIpc) is 2.73. The van der Waals surface area contributed by atoms with E-state index in [1.54, 1.807) is 11.3 Å². The van der Waals surface area contributed by atoms with Crippen molar-refractivity contribution in [3.05, 3.63) is 16.1 Å². The number of nitrogens with zero attached hydrogens (tertiary/aromatic N) is 2. The summed E-state index contributed by atoms with van der Waals surface area (Å²) in [7, 11) is 0. The Morgan fingerprint density at radius 3 is 3.13 bits per heavy atom. The van der Waals surface area contributed by atoms with Crippen LogP contribution in [-0.4, -0.2) is 35.2 Å². The molecule has 0 aromatic carbocycles. The summed E-state index contributed by atoms with van der Waals surface area (Å²) in [5.74, 6) is 0. The maximum atomic E-state index is 13.2. The number of hydrogen-bond acceptors (Lipinski definition) is 4. The molecule has 5 heteroatoms. The van der Waals surface area contributed by atoms with E-state index < -0.39 is 6.17 Å². The molecule has 1 aliphatic rings. The van der Waals surface area contributed by atoms with Crippen LogP contribution in [0.5, 0.6) is 0 Å². The van der Waals surface area contributed by atoms with Crippen molar-refractivity contribution in [1.29, 1.82) is 0 Å². The molecule has 3 nitrogen and oxygen atoms in total. The summed E-state index contributed by atoms with van der Waals surface area (Å²) in [6.07, 6.45) is -0.155. The van der Waals surface area contributed by atoms with Gasteiger partial charge in [0.15, 0.2) is 0 Å². The number of halogens is 1. The quantitative estimate of drug-likeness (QED) is 0.850. The molecular formula is C10H16FN3S. The molecule has 1 saturated heterocycles. The number of alkyl halides is 1. The van der Waals surface area contributed by atoms with Gasteiger partial charge in [-0.2, -0.15) is 0 Å². The molecule has 1 aromatic rings. The van der Waals surface area contributed by atoms with Crippen LogP contribution in [0.25, 0.3) is 0 Å². The summed E-state index contributed by atoms with van der Waals surface area (Å²) < 4.78 is 13.2. The first-order valence-electron chi connectivity index (χ1n) is 5.18. The fourth-order valence-corrected chi connectivity index (χ4v) is 2.65. The van der Waals surface area contributed by atoms with Gasteiger partial charge < -0.3 is 5.73 Å². The highest BCUT2D eigenvalue weighted by Crippen LogP contribution is 2.22. The van der Waals surface area contributed by atoms with E-state index in [2.05, 4.69) is 9.88 Å². The smallest absolute Gasteiger partial charge is 0.114 e. The van der Waals surface area contributed by atoms with E-state index in [4.69, 9.17) is 5.73 Å². The summed E-state index contributed by atoms with van der Waals surface area (Å²) in [5, 5.41) is 3.10. The minimum Gasteiger partial charge on any atom is -0.329 e. The Bertz CT molecular complexity index is 328. The van der Waals surface area contributed by atoms with Crippen LogP contribution in [0.4, 0.5) is 4.39 Å². The number of hydrogen-bond donors (Lipinski definition) is 1. The van der Waals surface area contributed by atoms with E-state index in [9.17, 15) is 4.39 Å². The molecular weight excluding hydrogens is 213 g/mol. The second kappa shape index (κ2) is 4.55. The molecule has 0 amide bonds. The number of aryl methyl sites for hydroxylation is 1. The lowest BCUT2D eigenvalue weighted by Gasteiger charge is -2.21. The molecule has 2 atom stereocenters. The van der Waals surface area contributed by atoms with Gasteiger partial charge in [0.05, 0.1) is 10.7 Å². The SMILES string of the molecule is Cc1nc(CN2C[C@H](F)C[C@@H]2CN)cs1. The van der Waals surface area contributed by atoms with Gasteiger partial charge >= 0.3 is 0 Å². The largest absolute Gasteiger partial charge is 0.329 e. The number of nitrogens with two attached hydrogens (primary N) is 1. The molecule has 84 valence electrons. The van der Waals surface area contributed by atoms with E-state index in [1.807, 2.05) is 12.3 Å². The Balaban J connectivity index is 1.99. The Hall–Kier alpha value is -0.520. The normalized spacial score (nSPS) is 27.4. The predicted octanol–water partition coefficient (Wildman–Crippen LogP) is 1.32. The van der Waals surface area contributed by atoms with Crippen molar-refractivity contribution in [2.75, 3.05) is 13.1 Å². The lowest BCUT2D eigenvalue weighted by atomic mass is 10.2. The van der Waals surface area contributed by atoms with E-state index >= 15 is 0 Å². The third kappa shape index (κ3) is 2.53. The van der Waals surface area contributed by atoms with E-state index in [-0.39, 0.29) is 6.04 Å². The second-order valence-electron chi connectivity index (χ2n) is 4.01. The minimum absolute atomic E-state index is 0.182. The van der Waals surface area contributed by atoms with E-state index in [1.165, 1.54) is 0 Å². The van der Waals surface area contributed by atoms with Gasteiger partial charge in [0.1, 0.15) is 6.17 Å². The topological polar surface area (TPSA) is 42.2 Å². The zero-order valence-electron chi connectivity index (χ0n) is 8.82. The highest BCUT2D eigenvalue weighted by atomic mass is 32.1. The standard InChI is InChI=1S/C10H16FN3S/c1-7-13-9(6-15-7)5-14-4-8(11)2-10(14)3-12/h6,8,10H,2-5,12H2,1H3/t8-,10-/m1/s1. The van der Waals surface area contributed by atoms with Gasteiger partial charge in [-0.15, -0.1) is 11.3 Å². The molecule has 0 bridgehead atoms. The Morgan fingerprint density at radius 1 is 1.73 bits per heavy atom. The molecule has 0 aliphatic carbocycles. The van der Waals surface area contributed by atoms with Crippen molar-refractivity contribution in [2.45, 2.75) is 32.1 Å². The number of thiazole rings is 1. The molecule has 0 spiro atoms. The van der Waals surface area contributed by atoms with Gasteiger partial charge in [-0.1, -0.05) is 0 Å². The third-order valence-corrected chi connectivity index (χ3v) is 3.60. The number of aromatic nitrogens is 1. The first-order valence-corrected chi connectivity index (χ1v) is 6.06. The van der Waals surface area contributed by atoms with E-state index in [0.717, 1.165) is 17.2 Å². The molecule has 0 saturated carbocycles. The van der Waals surface area contributed by atoms with Crippen molar-refractivity contribution in [3.8, 4) is 0 Å². The monoisotopic (exact) mass is 229 g/mol. The van der Waals surface area contributed by atoms with Crippen molar-refractivity contribution < 1.29 is 4.39 Å². The van der Waals surface area contributed by atoms with Crippen LogP contribution in [-0.2, 0) is 6.54 Å². The van der Waals surface area contributed by atoms with Crippen molar-refractivity contribution >= 4 is 11.3 Å². The lowest BCUT2D eigenvalue weighted by Crippen LogP contribution is -2.35. The maximum absolute atomic E-state index is 13.2. The Kier molecular flexibility index (Phi) is 3.33. The van der Waals surface area contributed by atoms with Crippen LogP contribution >= 0.6 is 11.3 Å². The highest BCUT2D eigenvalue weighted by Gasteiger charge is 2.31.